The smallest absolute Gasteiger partial charge is 0.258 e. The third-order valence-corrected chi connectivity index (χ3v) is 2.55. The molecule has 98 valence electrons. The van der Waals surface area contributed by atoms with Gasteiger partial charge < -0.3 is 15.7 Å². The van der Waals surface area contributed by atoms with E-state index in [4.69, 9.17) is 5.73 Å². The first kappa shape index (κ1) is 14.0. The van der Waals surface area contributed by atoms with Crippen LogP contribution >= 0.6 is 0 Å². The Bertz CT molecular complexity index is 432. The number of para-hydroxylation sites is 1. The highest BCUT2D eigenvalue weighted by Crippen LogP contribution is 2.18. The van der Waals surface area contributed by atoms with Gasteiger partial charge in [-0.3, -0.25) is 9.59 Å². The Morgan fingerprint density at radius 3 is 2.56 bits per heavy atom. The Morgan fingerprint density at radius 2 is 2.00 bits per heavy atom. The first-order chi connectivity index (χ1) is 8.56. The number of hydrogen-bond donors (Lipinski definition) is 2. The van der Waals surface area contributed by atoms with E-state index in [9.17, 15) is 14.7 Å². The van der Waals surface area contributed by atoms with E-state index in [1.165, 1.54) is 17.0 Å². The number of aromatic hydroxyl groups is 1. The zero-order valence-corrected chi connectivity index (χ0v) is 10.4. The van der Waals surface area contributed by atoms with Gasteiger partial charge in [-0.15, -0.1) is 0 Å². The Hall–Kier alpha value is -2.04. The standard InChI is InChI=1S/C13H18N2O3/c1-2-3-8-15(9-12(14)17)13(18)10-6-4-5-7-11(10)16/h4-7,16H,2-3,8-9H2,1H3,(H2,14,17). The van der Waals surface area contributed by atoms with Gasteiger partial charge in [-0.2, -0.15) is 0 Å². The van der Waals surface area contributed by atoms with Crippen LogP contribution in [0, 0.1) is 0 Å². The molecule has 0 heterocycles. The van der Waals surface area contributed by atoms with Gasteiger partial charge in [-0.25, -0.2) is 0 Å². The lowest BCUT2D eigenvalue weighted by Crippen LogP contribution is -2.39. The molecule has 1 aromatic rings. The number of primary amides is 1. The second kappa shape index (κ2) is 6.64. The van der Waals surface area contributed by atoms with E-state index in [1.54, 1.807) is 12.1 Å². The van der Waals surface area contributed by atoms with Crippen LogP contribution in [0.4, 0.5) is 0 Å². The molecule has 5 heteroatoms. The number of nitrogens with zero attached hydrogens (tertiary/aromatic N) is 1. The van der Waals surface area contributed by atoms with E-state index in [-0.39, 0.29) is 23.8 Å². The molecule has 0 bridgehead atoms. The maximum Gasteiger partial charge on any atom is 0.258 e. The van der Waals surface area contributed by atoms with Crippen LogP contribution in [-0.4, -0.2) is 34.9 Å². The molecule has 0 unspecified atom stereocenters. The number of carbonyl (C=O) groups is 2. The van der Waals surface area contributed by atoms with Crippen molar-refractivity contribution in [1.29, 1.82) is 0 Å². The lowest BCUT2D eigenvalue weighted by Gasteiger charge is -2.21. The maximum atomic E-state index is 12.2. The largest absolute Gasteiger partial charge is 0.507 e. The number of benzene rings is 1. The maximum absolute atomic E-state index is 12.2. The Kier molecular flexibility index (Phi) is 5.17. The molecule has 1 aromatic carbocycles. The number of phenols is 1. The number of nitrogens with two attached hydrogens (primary N) is 1. The molecule has 18 heavy (non-hydrogen) atoms. The summed E-state index contributed by atoms with van der Waals surface area (Å²) in [5, 5.41) is 9.63. The van der Waals surface area contributed by atoms with Crippen molar-refractivity contribution >= 4 is 11.8 Å². The van der Waals surface area contributed by atoms with Gasteiger partial charge in [-0.05, 0) is 18.6 Å². The van der Waals surface area contributed by atoms with E-state index in [1.807, 2.05) is 6.92 Å². The van der Waals surface area contributed by atoms with Crippen LogP contribution in [0.25, 0.3) is 0 Å². The Labute approximate surface area is 106 Å². The van der Waals surface area contributed by atoms with Crippen LogP contribution in [0.2, 0.25) is 0 Å². The number of carbonyl (C=O) groups excluding carboxylic acids is 2. The fourth-order valence-electron chi connectivity index (χ4n) is 1.61. The highest BCUT2D eigenvalue weighted by molar-refractivity contribution is 5.98. The predicted octanol–water partition coefficient (Wildman–Crippen LogP) is 1.12. The molecule has 3 N–H and O–H groups in total. The molecule has 0 spiro atoms. The van der Waals surface area contributed by atoms with Gasteiger partial charge in [0.15, 0.2) is 0 Å². The highest BCUT2D eigenvalue weighted by atomic mass is 16.3. The van der Waals surface area contributed by atoms with Gasteiger partial charge in [-0.1, -0.05) is 25.5 Å². The molecule has 0 saturated carbocycles. The van der Waals surface area contributed by atoms with Crippen LogP contribution < -0.4 is 5.73 Å². The fourth-order valence-corrected chi connectivity index (χ4v) is 1.61. The van der Waals surface area contributed by atoms with Gasteiger partial charge in [0.1, 0.15) is 5.75 Å². The van der Waals surface area contributed by atoms with E-state index >= 15 is 0 Å². The molecule has 0 radical (unpaired) electrons. The quantitative estimate of drug-likeness (QED) is 0.793. The van der Waals surface area contributed by atoms with Crippen LogP contribution in [0.5, 0.6) is 5.75 Å². The minimum absolute atomic E-state index is 0.0894. The summed E-state index contributed by atoms with van der Waals surface area (Å²) in [5.74, 6) is -1.02. The molecule has 5 nitrogen and oxygen atoms in total. The van der Waals surface area contributed by atoms with Crippen molar-refractivity contribution in [1.82, 2.24) is 4.90 Å². The molecule has 0 atom stereocenters. The number of hydrogen-bond acceptors (Lipinski definition) is 3. The summed E-state index contributed by atoms with van der Waals surface area (Å²) < 4.78 is 0. The molecule has 0 aliphatic heterocycles. The van der Waals surface area contributed by atoms with Crippen LogP contribution in [0.15, 0.2) is 24.3 Å². The summed E-state index contributed by atoms with van der Waals surface area (Å²) in [7, 11) is 0. The molecule has 1 rings (SSSR count). The van der Waals surface area contributed by atoms with Crippen molar-refractivity contribution in [3.05, 3.63) is 29.8 Å². The van der Waals surface area contributed by atoms with Gasteiger partial charge >= 0.3 is 0 Å². The monoisotopic (exact) mass is 250 g/mol. The molecule has 0 saturated heterocycles. The second-order valence-electron chi connectivity index (χ2n) is 4.06. The first-order valence-corrected chi connectivity index (χ1v) is 5.91. The van der Waals surface area contributed by atoms with Crippen molar-refractivity contribution in [2.75, 3.05) is 13.1 Å². The lowest BCUT2D eigenvalue weighted by molar-refractivity contribution is -0.118. The van der Waals surface area contributed by atoms with E-state index in [2.05, 4.69) is 0 Å². The van der Waals surface area contributed by atoms with Crippen molar-refractivity contribution in [2.24, 2.45) is 5.73 Å². The first-order valence-electron chi connectivity index (χ1n) is 5.91. The molecule has 0 aromatic heterocycles. The number of unbranched alkanes of at least 4 members (excludes halogenated alkanes) is 1. The second-order valence-corrected chi connectivity index (χ2v) is 4.06. The van der Waals surface area contributed by atoms with Gasteiger partial charge in [0.05, 0.1) is 12.1 Å². The molecule has 0 fully saturated rings. The predicted molar refractivity (Wildman–Crippen MR) is 68.1 cm³/mol. The lowest BCUT2D eigenvalue weighted by atomic mass is 10.1. The van der Waals surface area contributed by atoms with E-state index in [0.717, 1.165) is 12.8 Å². The third kappa shape index (κ3) is 3.76. The van der Waals surface area contributed by atoms with Gasteiger partial charge in [0.2, 0.25) is 5.91 Å². The third-order valence-electron chi connectivity index (χ3n) is 2.55. The zero-order valence-electron chi connectivity index (χ0n) is 10.4. The van der Waals surface area contributed by atoms with Crippen LogP contribution in [0.3, 0.4) is 0 Å². The molecular formula is C13H18N2O3. The molecule has 0 aliphatic carbocycles. The average Bonchev–Trinajstić information content (AvgIpc) is 2.34. The normalized spacial score (nSPS) is 10.1. The van der Waals surface area contributed by atoms with Crippen molar-refractivity contribution < 1.29 is 14.7 Å². The van der Waals surface area contributed by atoms with Crippen molar-refractivity contribution in [2.45, 2.75) is 19.8 Å². The van der Waals surface area contributed by atoms with Gasteiger partial charge in [0, 0.05) is 6.54 Å². The number of amides is 2. The summed E-state index contributed by atoms with van der Waals surface area (Å²) in [6.07, 6.45) is 1.69. The summed E-state index contributed by atoms with van der Waals surface area (Å²) in [5.41, 5.74) is 5.31. The Balaban J connectivity index is 2.87. The van der Waals surface area contributed by atoms with E-state index in [0.29, 0.717) is 6.54 Å². The molecule has 0 aliphatic rings. The molecular weight excluding hydrogens is 232 g/mol. The van der Waals surface area contributed by atoms with Crippen molar-refractivity contribution in [3.8, 4) is 5.75 Å². The van der Waals surface area contributed by atoms with Crippen molar-refractivity contribution in [3.63, 3.8) is 0 Å². The van der Waals surface area contributed by atoms with Crippen LogP contribution in [0.1, 0.15) is 30.1 Å². The SMILES string of the molecule is CCCCN(CC(N)=O)C(=O)c1ccccc1O. The zero-order chi connectivity index (χ0) is 13.5. The Morgan fingerprint density at radius 1 is 1.33 bits per heavy atom. The summed E-state index contributed by atoms with van der Waals surface area (Å²) in [4.78, 5) is 24.5. The number of phenolic OH excluding ortho intramolecular Hbond substituents is 1. The fraction of sp³-hybridized carbons (Fsp3) is 0.385. The summed E-state index contributed by atoms with van der Waals surface area (Å²) in [6, 6.07) is 6.26. The topological polar surface area (TPSA) is 83.6 Å². The summed E-state index contributed by atoms with van der Waals surface area (Å²) in [6.45, 7) is 2.31. The average molecular weight is 250 g/mol. The van der Waals surface area contributed by atoms with Crippen LogP contribution in [-0.2, 0) is 4.79 Å². The highest BCUT2D eigenvalue weighted by Gasteiger charge is 2.19. The van der Waals surface area contributed by atoms with E-state index < -0.39 is 5.91 Å². The molecule has 2 amide bonds. The minimum atomic E-state index is -0.560. The number of rotatable bonds is 6. The minimum Gasteiger partial charge on any atom is -0.507 e. The van der Waals surface area contributed by atoms with Gasteiger partial charge in [0.25, 0.3) is 5.91 Å². The summed E-state index contributed by atoms with van der Waals surface area (Å²) >= 11 is 0.